The third-order valence-electron chi connectivity index (χ3n) is 2.78. The van der Waals surface area contributed by atoms with Crippen LogP contribution in [0.3, 0.4) is 0 Å². The quantitative estimate of drug-likeness (QED) is 0.628. The van der Waals surface area contributed by atoms with E-state index in [0.29, 0.717) is 18.1 Å². The van der Waals surface area contributed by atoms with Crippen LogP contribution in [0.5, 0.6) is 11.5 Å². The zero-order valence-corrected chi connectivity index (χ0v) is 11.5. The zero-order chi connectivity index (χ0) is 13.9. The maximum Gasteiger partial charge on any atom is 0.431 e. The van der Waals surface area contributed by atoms with E-state index in [1.165, 1.54) is 32.1 Å². The normalized spacial score (nSPS) is 10.2. The molecule has 0 spiro atoms. The molecule has 0 heterocycles. The average molecular weight is 264 g/mol. The Morgan fingerprint density at radius 1 is 1.11 bits per heavy atom. The maximum atomic E-state index is 10.5. The van der Waals surface area contributed by atoms with Crippen molar-refractivity contribution in [2.75, 3.05) is 6.61 Å². The molecule has 1 radical (unpaired) electrons. The lowest BCUT2D eigenvalue weighted by atomic mass is 10.1. The summed E-state index contributed by atoms with van der Waals surface area (Å²) in [5, 5.41) is 0. The fourth-order valence-electron chi connectivity index (χ4n) is 1.81. The van der Waals surface area contributed by atoms with Gasteiger partial charge in [-0.05, 0) is 18.6 Å². The third-order valence-corrected chi connectivity index (χ3v) is 2.78. The van der Waals surface area contributed by atoms with Gasteiger partial charge in [0.15, 0.2) is 0 Å². The Labute approximate surface area is 114 Å². The van der Waals surface area contributed by atoms with Crippen molar-refractivity contribution in [3.05, 3.63) is 24.3 Å². The highest BCUT2D eigenvalue weighted by molar-refractivity contribution is 5.67. The van der Waals surface area contributed by atoms with Crippen molar-refractivity contribution in [3.8, 4) is 11.5 Å². The van der Waals surface area contributed by atoms with Gasteiger partial charge in [0.25, 0.3) is 0 Å². The molecule has 1 rings (SSSR count). The van der Waals surface area contributed by atoms with E-state index in [0.717, 1.165) is 6.42 Å². The predicted molar refractivity (Wildman–Crippen MR) is 74.4 cm³/mol. The number of hydrogen-bond donors (Lipinski definition) is 0. The molecule has 0 bridgehead atoms. The molecule has 0 saturated carbocycles. The van der Waals surface area contributed by atoms with Crippen LogP contribution in [0.15, 0.2) is 24.3 Å². The van der Waals surface area contributed by atoms with Gasteiger partial charge in [0.05, 0.1) is 6.61 Å². The fraction of sp³-hybridized carbons (Fsp3) is 0.533. The summed E-state index contributed by atoms with van der Waals surface area (Å²) in [5.41, 5.74) is 6.73. The Hall–Kier alpha value is -1.71. The van der Waals surface area contributed by atoms with Gasteiger partial charge in [-0.2, -0.15) is 0 Å². The Balaban J connectivity index is 2.20. The van der Waals surface area contributed by atoms with Crippen LogP contribution in [-0.4, -0.2) is 12.7 Å². The number of ether oxygens (including phenoxy) is 2. The van der Waals surface area contributed by atoms with Crippen molar-refractivity contribution in [3.63, 3.8) is 0 Å². The molecule has 1 N–H and O–H groups in total. The molecule has 0 saturated heterocycles. The van der Waals surface area contributed by atoms with Crippen LogP contribution in [0.2, 0.25) is 0 Å². The van der Waals surface area contributed by atoms with Gasteiger partial charge in [0, 0.05) is 6.07 Å². The van der Waals surface area contributed by atoms with E-state index in [2.05, 4.69) is 11.7 Å². The number of carbonyl (C=O) groups excluding carboxylic acids is 1. The van der Waals surface area contributed by atoms with Crippen molar-refractivity contribution in [1.29, 1.82) is 0 Å². The minimum absolute atomic E-state index is 0.348. The van der Waals surface area contributed by atoms with Crippen LogP contribution in [0.1, 0.15) is 45.4 Å². The molecule has 105 valence electrons. The highest BCUT2D eigenvalue weighted by Gasteiger charge is 2.01. The first-order valence-electron chi connectivity index (χ1n) is 6.88. The first-order valence-corrected chi connectivity index (χ1v) is 6.88. The third kappa shape index (κ3) is 7.34. The summed E-state index contributed by atoms with van der Waals surface area (Å²) in [7, 11) is 0. The van der Waals surface area contributed by atoms with Crippen LogP contribution in [0.25, 0.3) is 0 Å². The van der Waals surface area contributed by atoms with Crippen molar-refractivity contribution < 1.29 is 14.3 Å². The highest BCUT2D eigenvalue weighted by Crippen LogP contribution is 2.19. The summed E-state index contributed by atoms with van der Waals surface area (Å²) < 4.78 is 10.3. The second kappa shape index (κ2) is 9.25. The average Bonchev–Trinajstić information content (AvgIpc) is 2.37. The number of amides is 1. The van der Waals surface area contributed by atoms with Gasteiger partial charge >= 0.3 is 6.09 Å². The minimum atomic E-state index is -1.06. The number of nitrogens with one attached hydrogen (secondary N) is 1. The molecule has 0 fully saturated rings. The Morgan fingerprint density at radius 2 is 1.79 bits per heavy atom. The molecule has 0 aromatic heterocycles. The smallest absolute Gasteiger partial charge is 0.431 e. The van der Waals surface area contributed by atoms with Gasteiger partial charge < -0.3 is 9.47 Å². The number of hydrogen-bond acceptors (Lipinski definition) is 3. The number of carbonyl (C=O) groups is 1. The molecule has 0 atom stereocenters. The van der Waals surface area contributed by atoms with E-state index >= 15 is 0 Å². The van der Waals surface area contributed by atoms with E-state index < -0.39 is 6.09 Å². The van der Waals surface area contributed by atoms with Crippen molar-refractivity contribution in [1.82, 2.24) is 5.73 Å². The topological polar surface area (TPSA) is 59.3 Å². The molecule has 4 nitrogen and oxygen atoms in total. The van der Waals surface area contributed by atoms with Gasteiger partial charge in [-0.25, -0.2) is 10.5 Å². The lowest BCUT2D eigenvalue weighted by Gasteiger charge is -2.07. The van der Waals surface area contributed by atoms with E-state index in [-0.39, 0.29) is 0 Å². The molecular weight excluding hydrogens is 242 g/mol. The monoisotopic (exact) mass is 264 g/mol. The van der Waals surface area contributed by atoms with Crippen molar-refractivity contribution in [2.45, 2.75) is 45.4 Å². The molecule has 19 heavy (non-hydrogen) atoms. The molecule has 0 unspecified atom stereocenters. The summed E-state index contributed by atoms with van der Waals surface area (Å²) >= 11 is 0. The van der Waals surface area contributed by atoms with Crippen molar-refractivity contribution in [2.24, 2.45) is 0 Å². The second-order valence-electron chi connectivity index (χ2n) is 4.48. The number of unbranched alkanes of at least 4 members (excludes halogenated alkanes) is 5. The first kappa shape index (κ1) is 15.3. The minimum Gasteiger partial charge on any atom is -0.493 e. The van der Waals surface area contributed by atoms with Gasteiger partial charge in [0.1, 0.15) is 11.5 Å². The molecule has 0 aliphatic rings. The van der Waals surface area contributed by atoms with E-state index in [9.17, 15) is 4.79 Å². The Bertz CT molecular complexity index is 379. The van der Waals surface area contributed by atoms with Crippen LogP contribution in [0, 0.1) is 0 Å². The standard InChI is InChI=1S/C15H22NO3/c1-2-3-4-5-6-7-11-18-13-9-8-10-14(12-13)19-15(16)17/h8-10,12,16H,2-7,11H2,1H3. The largest absolute Gasteiger partial charge is 0.493 e. The second-order valence-corrected chi connectivity index (χ2v) is 4.48. The SMILES string of the molecule is CCCCCCCCOc1cccc(OC([NH])=O)c1. The lowest BCUT2D eigenvalue weighted by Crippen LogP contribution is -2.05. The number of rotatable bonds is 9. The summed E-state index contributed by atoms with van der Waals surface area (Å²) in [6, 6.07) is 6.82. The molecule has 1 aromatic rings. The van der Waals surface area contributed by atoms with Crippen LogP contribution >= 0.6 is 0 Å². The lowest BCUT2D eigenvalue weighted by molar-refractivity contribution is 0.209. The molecule has 0 aliphatic carbocycles. The Morgan fingerprint density at radius 3 is 2.53 bits per heavy atom. The van der Waals surface area contributed by atoms with Crippen molar-refractivity contribution >= 4 is 6.09 Å². The van der Waals surface area contributed by atoms with Gasteiger partial charge in [-0.15, -0.1) is 0 Å². The van der Waals surface area contributed by atoms with Crippen LogP contribution in [0.4, 0.5) is 4.79 Å². The molecule has 1 amide bonds. The maximum absolute atomic E-state index is 10.5. The Kier molecular flexibility index (Phi) is 7.47. The molecule has 4 heteroatoms. The summed E-state index contributed by atoms with van der Waals surface area (Å²) in [4.78, 5) is 10.5. The summed E-state index contributed by atoms with van der Waals surface area (Å²) in [5.74, 6) is 1.02. The van der Waals surface area contributed by atoms with E-state index in [1.54, 1.807) is 18.2 Å². The zero-order valence-electron chi connectivity index (χ0n) is 11.5. The van der Waals surface area contributed by atoms with Crippen LogP contribution < -0.4 is 15.2 Å². The number of benzene rings is 1. The summed E-state index contributed by atoms with van der Waals surface area (Å²) in [6.45, 7) is 2.88. The van der Waals surface area contributed by atoms with Gasteiger partial charge in [0.2, 0.25) is 0 Å². The fourth-order valence-corrected chi connectivity index (χ4v) is 1.81. The molecular formula is C15H22NO3. The van der Waals surface area contributed by atoms with Gasteiger partial charge in [-0.3, -0.25) is 0 Å². The van der Waals surface area contributed by atoms with E-state index in [1.807, 2.05) is 6.07 Å². The molecule has 1 aromatic carbocycles. The van der Waals surface area contributed by atoms with Crippen LogP contribution in [-0.2, 0) is 0 Å². The summed E-state index contributed by atoms with van der Waals surface area (Å²) in [6.07, 6.45) is 6.28. The van der Waals surface area contributed by atoms with E-state index in [4.69, 9.17) is 10.5 Å². The highest BCUT2D eigenvalue weighted by atomic mass is 16.5. The predicted octanol–water partition coefficient (Wildman–Crippen LogP) is 4.21. The van der Waals surface area contributed by atoms with Gasteiger partial charge in [-0.1, -0.05) is 45.1 Å². The molecule has 0 aliphatic heterocycles. The first-order chi connectivity index (χ1) is 9.22.